The second kappa shape index (κ2) is 4.06. The number of aliphatic carboxylic acids is 1. The summed E-state index contributed by atoms with van der Waals surface area (Å²) in [6.45, 7) is -0.0374. The van der Waals surface area contributed by atoms with Crippen molar-refractivity contribution >= 4 is 17.6 Å². The van der Waals surface area contributed by atoms with Gasteiger partial charge in [0.25, 0.3) is 5.91 Å². The Kier molecular flexibility index (Phi) is 2.72. The van der Waals surface area contributed by atoms with E-state index in [9.17, 15) is 14.7 Å². The molecule has 1 atom stereocenters. The first-order valence-corrected chi connectivity index (χ1v) is 4.95. The number of carbonyl (C=O) groups excluding carboxylic acids is 1. The molecule has 1 aliphatic rings. The Morgan fingerprint density at radius 2 is 2.24 bits per heavy atom. The topological polar surface area (TPSA) is 87.1 Å². The number of benzene rings is 1. The number of nitrogens with zero attached hydrogens (tertiary/aromatic N) is 1. The summed E-state index contributed by atoms with van der Waals surface area (Å²) in [6, 6.07) is 4.44. The number of amides is 1. The van der Waals surface area contributed by atoms with Crippen molar-refractivity contribution in [1.82, 2.24) is 0 Å². The minimum Gasteiger partial charge on any atom is -0.482 e. The number of likely N-dealkylation sites (N-methyl/N-ethyl adjacent to an activating group) is 1. The largest absolute Gasteiger partial charge is 0.482 e. The number of aliphatic hydroxyl groups excluding tert-OH is 1. The standard InChI is InChI=1S/C11H11NO5/c1-12-7-4-6(10(14)11(15)16)2-3-8(7)17-5-9(12)13/h2-4,10,14H,5H2,1H3,(H,15,16). The van der Waals surface area contributed by atoms with Crippen molar-refractivity contribution in [2.24, 2.45) is 0 Å². The number of carboxylic acid groups (broad SMARTS) is 1. The summed E-state index contributed by atoms with van der Waals surface area (Å²) in [5, 5.41) is 18.1. The number of anilines is 1. The summed E-state index contributed by atoms with van der Waals surface area (Å²) in [5.74, 6) is -1.07. The van der Waals surface area contributed by atoms with E-state index >= 15 is 0 Å². The third kappa shape index (κ3) is 1.94. The van der Waals surface area contributed by atoms with Crippen LogP contribution in [0.25, 0.3) is 0 Å². The Morgan fingerprint density at radius 1 is 1.53 bits per heavy atom. The third-order valence-corrected chi connectivity index (χ3v) is 2.62. The lowest BCUT2D eigenvalue weighted by Gasteiger charge is -2.26. The van der Waals surface area contributed by atoms with Gasteiger partial charge < -0.3 is 19.8 Å². The van der Waals surface area contributed by atoms with E-state index in [4.69, 9.17) is 9.84 Å². The first-order valence-electron chi connectivity index (χ1n) is 4.95. The highest BCUT2D eigenvalue weighted by atomic mass is 16.5. The number of rotatable bonds is 2. The molecular weight excluding hydrogens is 226 g/mol. The molecule has 90 valence electrons. The molecule has 0 fully saturated rings. The van der Waals surface area contributed by atoms with E-state index in [-0.39, 0.29) is 18.1 Å². The van der Waals surface area contributed by atoms with E-state index in [0.29, 0.717) is 11.4 Å². The molecule has 0 saturated carbocycles. The SMILES string of the molecule is CN1C(=O)COc2ccc(C(O)C(=O)O)cc21. The van der Waals surface area contributed by atoms with E-state index in [1.807, 2.05) is 0 Å². The van der Waals surface area contributed by atoms with Gasteiger partial charge in [0.15, 0.2) is 12.7 Å². The van der Waals surface area contributed by atoms with Crippen molar-refractivity contribution in [3.63, 3.8) is 0 Å². The maximum Gasteiger partial charge on any atom is 0.337 e. The lowest BCUT2D eigenvalue weighted by molar-refractivity contribution is -0.146. The van der Waals surface area contributed by atoms with Gasteiger partial charge in [-0.05, 0) is 17.7 Å². The normalized spacial score (nSPS) is 16.1. The molecule has 2 N–H and O–H groups in total. The molecular formula is C11H11NO5. The first kappa shape index (κ1) is 11.4. The molecule has 0 saturated heterocycles. The van der Waals surface area contributed by atoms with Gasteiger partial charge in [0.05, 0.1) is 5.69 Å². The molecule has 1 heterocycles. The zero-order chi connectivity index (χ0) is 12.6. The Labute approximate surface area is 97.0 Å². The lowest BCUT2D eigenvalue weighted by atomic mass is 10.1. The number of fused-ring (bicyclic) bond motifs is 1. The number of ether oxygens (including phenoxy) is 1. The average molecular weight is 237 g/mol. The van der Waals surface area contributed by atoms with Crippen molar-refractivity contribution in [1.29, 1.82) is 0 Å². The molecule has 1 aromatic carbocycles. The van der Waals surface area contributed by atoms with E-state index < -0.39 is 12.1 Å². The Hall–Kier alpha value is -2.08. The van der Waals surface area contributed by atoms with E-state index in [2.05, 4.69) is 0 Å². The summed E-state index contributed by atoms with van der Waals surface area (Å²) in [6.07, 6.45) is -1.61. The molecule has 0 aliphatic carbocycles. The molecule has 17 heavy (non-hydrogen) atoms. The van der Waals surface area contributed by atoms with Gasteiger partial charge in [-0.3, -0.25) is 4.79 Å². The van der Waals surface area contributed by atoms with Crippen LogP contribution in [-0.4, -0.2) is 35.7 Å². The molecule has 2 rings (SSSR count). The van der Waals surface area contributed by atoms with Crippen molar-refractivity contribution in [3.8, 4) is 5.75 Å². The number of carboxylic acids is 1. The molecule has 0 spiro atoms. The van der Waals surface area contributed by atoms with Crippen LogP contribution in [0.2, 0.25) is 0 Å². The van der Waals surface area contributed by atoms with Crippen LogP contribution in [0, 0.1) is 0 Å². The number of hydrogen-bond acceptors (Lipinski definition) is 4. The Morgan fingerprint density at radius 3 is 2.88 bits per heavy atom. The van der Waals surface area contributed by atoms with Crippen molar-refractivity contribution in [2.45, 2.75) is 6.10 Å². The zero-order valence-corrected chi connectivity index (χ0v) is 9.08. The number of carbonyl (C=O) groups is 2. The predicted molar refractivity (Wildman–Crippen MR) is 57.9 cm³/mol. The average Bonchev–Trinajstić information content (AvgIpc) is 2.32. The third-order valence-electron chi connectivity index (χ3n) is 2.62. The smallest absolute Gasteiger partial charge is 0.337 e. The summed E-state index contributed by atoms with van der Waals surface area (Å²) in [5.41, 5.74) is 0.667. The molecule has 0 aromatic heterocycles. The maximum absolute atomic E-state index is 11.4. The Balaban J connectivity index is 2.42. The monoisotopic (exact) mass is 237 g/mol. The summed E-state index contributed by atoms with van der Waals surface area (Å²) >= 11 is 0. The van der Waals surface area contributed by atoms with Gasteiger partial charge in [0.2, 0.25) is 0 Å². The molecule has 6 nitrogen and oxygen atoms in total. The molecule has 6 heteroatoms. The van der Waals surface area contributed by atoms with Crippen LogP contribution >= 0.6 is 0 Å². The predicted octanol–water partition coefficient (Wildman–Crippen LogP) is 0.160. The second-order valence-corrected chi connectivity index (χ2v) is 3.71. The molecule has 1 aromatic rings. The van der Waals surface area contributed by atoms with Gasteiger partial charge in [0, 0.05) is 7.05 Å². The zero-order valence-electron chi connectivity index (χ0n) is 9.08. The highest BCUT2D eigenvalue weighted by Gasteiger charge is 2.24. The van der Waals surface area contributed by atoms with Gasteiger partial charge in [-0.25, -0.2) is 4.79 Å². The van der Waals surface area contributed by atoms with Gasteiger partial charge in [-0.2, -0.15) is 0 Å². The van der Waals surface area contributed by atoms with Gasteiger partial charge in [-0.1, -0.05) is 6.07 Å². The summed E-state index contributed by atoms with van der Waals surface area (Å²) in [4.78, 5) is 23.4. The fourth-order valence-electron chi connectivity index (χ4n) is 1.60. The summed E-state index contributed by atoms with van der Waals surface area (Å²) in [7, 11) is 1.57. The van der Waals surface area contributed by atoms with Crippen LogP contribution < -0.4 is 9.64 Å². The van der Waals surface area contributed by atoms with Gasteiger partial charge in [0.1, 0.15) is 5.75 Å². The molecule has 0 radical (unpaired) electrons. The van der Waals surface area contributed by atoms with Crippen LogP contribution in [-0.2, 0) is 9.59 Å². The molecule has 1 amide bonds. The minimum atomic E-state index is -1.61. The van der Waals surface area contributed by atoms with Crippen LogP contribution in [0.1, 0.15) is 11.7 Å². The minimum absolute atomic E-state index is 0.0374. The van der Waals surface area contributed by atoms with Crippen LogP contribution in [0.3, 0.4) is 0 Å². The van der Waals surface area contributed by atoms with Crippen molar-refractivity contribution < 1.29 is 24.5 Å². The van der Waals surface area contributed by atoms with Crippen LogP contribution in [0.15, 0.2) is 18.2 Å². The van der Waals surface area contributed by atoms with Crippen LogP contribution in [0.4, 0.5) is 5.69 Å². The molecule has 0 bridgehead atoms. The fraction of sp³-hybridized carbons (Fsp3) is 0.273. The van der Waals surface area contributed by atoms with E-state index in [1.165, 1.54) is 17.0 Å². The van der Waals surface area contributed by atoms with Crippen molar-refractivity contribution in [2.75, 3.05) is 18.6 Å². The molecule has 1 aliphatic heterocycles. The second-order valence-electron chi connectivity index (χ2n) is 3.71. The van der Waals surface area contributed by atoms with E-state index in [0.717, 1.165) is 0 Å². The highest BCUT2D eigenvalue weighted by Crippen LogP contribution is 2.33. The highest BCUT2D eigenvalue weighted by molar-refractivity contribution is 5.97. The maximum atomic E-state index is 11.4. The first-order chi connectivity index (χ1) is 8.00. The number of aliphatic hydroxyl groups is 1. The van der Waals surface area contributed by atoms with Gasteiger partial charge >= 0.3 is 5.97 Å². The van der Waals surface area contributed by atoms with Crippen molar-refractivity contribution in [3.05, 3.63) is 23.8 Å². The van der Waals surface area contributed by atoms with E-state index in [1.54, 1.807) is 13.1 Å². The molecule has 1 unspecified atom stereocenters. The quantitative estimate of drug-likeness (QED) is 0.765. The Bertz CT molecular complexity index is 485. The van der Waals surface area contributed by atoms with Crippen LogP contribution in [0.5, 0.6) is 5.75 Å². The number of hydrogen-bond donors (Lipinski definition) is 2. The lowest BCUT2D eigenvalue weighted by Crippen LogP contribution is -2.35. The summed E-state index contributed by atoms with van der Waals surface area (Å²) < 4.78 is 5.18. The van der Waals surface area contributed by atoms with Gasteiger partial charge in [-0.15, -0.1) is 0 Å². The fourth-order valence-corrected chi connectivity index (χ4v) is 1.60.